The van der Waals surface area contributed by atoms with E-state index in [9.17, 15) is 9.59 Å². The highest BCUT2D eigenvalue weighted by atomic mass is 79.9. The molecule has 21 heavy (non-hydrogen) atoms. The molecule has 0 radical (unpaired) electrons. The Morgan fingerprint density at radius 1 is 1.24 bits per heavy atom. The number of aliphatic carboxylic acids is 1. The molecule has 1 aliphatic heterocycles. The lowest BCUT2D eigenvalue weighted by Gasteiger charge is -2.22. The summed E-state index contributed by atoms with van der Waals surface area (Å²) >= 11 is 9.48. The predicted octanol–water partition coefficient (Wildman–Crippen LogP) is 2.33. The largest absolute Gasteiger partial charge is 0.480 e. The molecule has 0 unspecified atom stereocenters. The molecule has 7 heteroatoms. The van der Waals surface area contributed by atoms with E-state index in [1.165, 1.54) is 0 Å². The lowest BCUT2D eigenvalue weighted by Crippen LogP contribution is -2.36. The van der Waals surface area contributed by atoms with Gasteiger partial charge in [-0.15, -0.1) is 0 Å². The van der Waals surface area contributed by atoms with Crippen LogP contribution in [0.3, 0.4) is 0 Å². The topological polar surface area (TPSA) is 60.9 Å². The summed E-state index contributed by atoms with van der Waals surface area (Å²) in [7, 11) is 0. The van der Waals surface area contributed by atoms with Gasteiger partial charge in [0.25, 0.3) is 5.91 Å². The Bertz CT molecular complexity index is 553. The van der Waals surface area contributed by atoms with E-state index in [0.717, 1.165) is 6.42 Å². The molecule has 0 bridgehead atoms. The number of carboxylic acid groups (broad SMARTS) is 1. The van der Waals surface area contributed by atoms with Gasteiger partial charge < -0.3 is 10.0 Å². The molecular weight excluding hydrogens is 360 g/mol. The number of rotatable bonds is 3. The Hall–Kier alpha value is -1.11. The molecule has 114 valence electrons. The molecular formula is C14H16BrClN2O3. The van der Waals surface area contributed by atoms with Crippen molar-refractivity contribution in [1.29, 1.82) is 0 Å². The highest BCUT2D eigenvalue weighted by Crippen LogP contribution is 2.27. The standard InChI is InChI=1S/C14H16BrClN2O3/c15-11-4-1-3-10(13(11)16)14(21)18-6-2-5-17(7-8-18)9-12(19)20/h1,3-4H,2,5-9H2,(H,19,20). The van der Waals surface area contributed by atoms with Gasteiger partial charge in [0.2, 0.25) is 0 Å². The van der Waals surface area contributed by atoms with Crippen molar-refractivity contribution in [2.24, 2.45) is 0 Å². The van der Waals surface area contributed by atoms with Crippen LogP contribution in [0.5, 0.6) is 0 Å². The van der Waals surface area contributed by atoms with E-state index in [2.05, 4.69) is 15.9 Å². The van der Waals surface area contributed by atoms with Gasteiger partial charge in [-0.2, -0.15) is 0 Å². The first-order chi connectivity index (χ1) is 9.99. The number of carbonyl (C=O) groups is 2. The molecule has 1 aliphatic rings. The minimum atomic E-state index is -0.843. The maximum atomic E-state index is 12.5. The van der Waals surface area contributed by atoms with Crippen molar-refractivity contribution in [3.8, 4) is 0 Å². The summed E-state index contributed by atoms with van der Waals surface area (Å²) in [5, 5.41) is 9.24. The number of amides is 1. The maximum absolute atomic E-state index is 12.5. The van der Waals surface area contributed by atoms with Crippen molar-refractivity contribution >= 4 is 39.4 Å². The molecule has 0 saturated carbocycles. The quantitative estimate of drug-likeness (QED) is 0.881. The number of halogens is 2. The molecule has 1 aromatic rings. The second-order valence-electron chi connectivity index (χ2n) is 4.92. The molecule has 0 aromatic heterocycles. The zero-order chi connectivity index (χ0) is 15.4. The van der Waals surface area contributed by atoms with Gasteiger partial charge in [0.15, 0.2) is 0 Å². The van der Waals surface area contributed by atoms with Gasteiger partial charge >= 0.3 is 5.97 Å². The number of hydrogen-bond donors (Lipinski definition) is 1. The number of carbonyl (C=O) groups excluding carboxylic acids is 1. The Labute approximate surface area is 136 Å². The van der Waals surface area contributed by atoms with Crippen molar-refractivity contribution in [3.63, 3.8) is 0 Å². The summed E-state index contributed by atoms with van der Waals surface area (Å²) in [6.45, 7) is 2.37. The van der Waals surface area contributed by atoms with Gasteiger partial charge in [-0.05, 0) is 34.5 Å². The third kappa shape index (κ3) is 4.18. The van der Waals surface area contributed by atoms with Crippen molar-refractivity contribution < 1.29 is 14.7 Å². The minimum absolute atomic E-state index is 0.0136. The first-order valence-corrected chi connectivity index (χ1v) is 7.83. The average molecular weight is 376 g/mol. The van der Waals surface area contributed by atoms with E-state index in [1.54, 1.807) is 23.1 Å². The van der Waals surface area contributed by atoms with Gasteiger partial charge in [0.05, 0.1) is 17.1 Å². The van der Waals surface area contributed by atoms with Crippen LogP contribution in [0.4, 0.5) is 0 Å². The third-order valence-corrected chi connectivity index (χ3v) is 4.71. The summed E-state index contributed by atoms with van der Waals surface area (Å²) in [5.41, 5.74) is 0.470. The van der Waals surface area contributed by atoms with E-state index in [4.69, 9.17) is 16.7 Å². The summed E-state index contributed by atoms with van der Waals surface area (Å²) in [4.78, 5) is 26.9. The predicted molar refractivity (Wildman–Crippen MR) is 83.7 cm³/mol. The van der Waals surface area contributed by atoms with Crippen LogP contribution in [0.15, 0.2) is 22.7 Å². The molecule has 0 spiro atoms. The van der Waals surface area contributed by atoms with E-state index in [1.807, 2.05) is 4.90 Å². The van der Waals surface area contributed by atoms with Crippen molar-refractivity contribution in [1.82, 2.24) is 9.80 Å². The van der Waals surface area contributed by atoms with Crippen molar-refractivity contribution in [2.75, 3.05) is 32.7 Å². The van der Waals surface area contributed by atoms with Gasteiger partial charge in [-0.3, -0.25) is 14.5 Å². The Balaban J connectivity index is 2.06. The summed E-state index contributed by atoms with van der Waals surface area (Å²) in [6, 6.07) is 5.27. The zero-order valence-electron chi connectivity index (χ0n) is 11.4. The summed E-state index contributed by atoms with van der Waals surface area (Å²) in [6.07, 6.45) is 0.755. The fourth-order valence-electron chi connectivity index (χ4n) is 2.36. The molecule has 1 saturated heterocycles. The van der Waals surface area contributed by atoms with E-state index in [0.29, 0.717) is 41.2 Å². The lowest BCUT2D eigenvalue weighted by molar-refractivity contribution is -0.138. The normalized spacial score (nSPS) is 16.6. The third-order valence-electron chi connectivity index (χ3n) is 3.42. The highest BCUT2D eigenvalue weighted by molar-refractivity contribution is 9.10. The van der Waals surface area contributed by atoms with Crippen LogP contribution in [0.1, 0.15) is 16.8 Å². The summed E-state index contributed by atoms with van der Waals surface area (Å²) < 4.78 is 0.692. The first kappa shape index (κ1) is 16.3. The Morgan fingerprint density at radius 3 is 2.71 bits per heavy atom. The van der Waals surface area contributed by atoms with Gasteiger partial charge in [-0.1, -0.05) is 17.7 Å². The molecule has 1 N–H and O–H groups in total. The second-order valence-corrected chi connectivity index (χ2v) is 6.15. The van der Waals surface area contributed by atoms with Crippen LogP contribution < -0.4 is 0 Å². The molecule has 1 heterocycles. The van der Waals surface area contributed by atoms with Crippen LogP contribution in [-0.2, 0) is 4.79 Å². The molecule has 5 nitrogen and oxygen atoms in total. The number of nitrogens with zero attached hydrogens (tertiary/aromatic N) is 2. The zero-order valence-corrected chi connectivity index (χ0v) is 13.7. The first-order valence-electron chi connectivity index (χ1n) is 6.66. The van der Waals surface area contributed by atoms with Gasteiger partial charge in [0, 0.05) is 30.7 Å². The molecule has 2 rings (SSSR count). The smallest absolute Gasteiger partial charge is 0.317 e. The van der Waals surface area contributed by atoms with E-state index < -0.39 is 5.97 Å². The number of benzene rings is 1. The van der Waals surface area contributed by atoms with Crippen LogP contribution in [-0.4, -0.2) is 59.5 Å². The number of carboxylic acids is 1. The van der Waals surface area contributed by atoms with E-state index >= 15 is 0 Å². The van der Waals surface area contributed by atoms with Crippen molar-refractivity contribution in [3.05, 3.63) is 33.3 Å². The van der Waals surface area contributed by atoms with Gasteiger partial charge in [0.1, 0.15) is 0 Å². The van der Waals surface area contributed by atoms with Crippen LogP contribution in [0.2, 0.25) is 5.02 Å². The average Bonchev–Trinajstić information content (AvgIpc) is 2.66. The highest BCUT2D eigenvalue weighted by Gasteiger charge is 2.23. The monoisotopic (exact) mass is 374 g/mol. The molecule has 0 atom stereocenters. The molecule has 1 aromatic carbocycles. The number of hydrogen-bond acceptors (Lipinski definition) is 3. The van der Waals surface area contributed by atoms with Crippen LogP contribution >= 0.6 is 27.5 Å². The molecule has 1 amide bonds. The molecule has 1 fully saturated rings. The minimum Gasteiger partial charge on any atom is -0.480 e. The van der Waals surface area contributed by atoms with Crippen molar-refractivity contribution in [2.45, 2.75) is 6.42 Å². The lowest BCUT2D eigenvalue weighted by atomic mass is 10.2. The van der Waals surface area contributed by atoms with Gasteiger partial charge in [-0.25, -0.2) is 0 Å². The van der Waals surface area contributed by atoms with Crippen LogP contribution in [0, 0.1) is 0 Å². The fourth-order valence-corrected chi connectivity index (χ4v) is 2.94. The van der Waals surface area contributed by atoms with Crippen LogP contribution in [0.25, 0.3) is 0 Å². The SMILES string of the molecule is O=C(O)CN1CCCN(C(=O)c2cccc(Br)c2Cl)CC1. The fraction of sp³-hybridized carbons (Fsp3) is 0.429. The Kier molecular flexibility index (Phi) is 5.61. The summed E-state index contributed by atoms with van der Waals surface area (Å²) in [5.74, 6) is -0.955. The molecule has 0 aliphatic carbocycles. The van der Waals surface area contributed by atoms with E-state index in [-0.39, 0.29) is 12.5 Å². The second kappa shape index (κ2) is 7.24. The maximum Gasteiger partial charge on any atom is 0.317 e. The Morgan fingerprint density at radius 2 is 2.00 bits per heavy atom.